The maximum absolute atomic E-state index is 6.19. The molecule has 0 aliphatic rings. The Bertz CT molecular complexity index is 504. The molecule has 2 aromatic heterocycles. The third-order valence-corrected chi connectivity index (χ3v) is 3.19. The van der Waals surface area contributed by atoms with Gasteiger partial charge in [-0.25, -0.2) is 4.98 Å². The molecule has 0 aliphatic heterocycles. The van der Waals surface area contributed by atoms with E-state index < -0.39 is 0 Å². The molecule has 0 amide bonds. The molecule has 4 heteroatoms. The van der Waals surface area contributed by atoms with Crippen molar-refractivity contribution in [2.45, 2.75) is 26.2 Å². The van der Waals surface area contributed by atoms with E-state index in [0.29, 0.717) is 17.6 Å². The van der Waals surface area contributed by atoms with E-state index in [0.717, 1.165) is 17.8 Å². The summed E-state index contributed by atoms with van der Waals surface area (Å²) in [5, 5.41) is 0.577. The number of fused-ring (bicyclic) bond motifs is 1. The first-order valence-corrected chi connectivity index (χ1v) is 5.92. The first kappa shape index (κ1) is 11.4. The van der Waals surface area contributed by atoms with Crippen molar-refractivity contribution in [2.24, 2.45) is 5.73 Å². The monoisotopic (exact) mass is 237 g/mol. The van der Waals surface area contributed by atoms with E-state index in [-0.39, 0.29) is 0 Å². The van der Waals surface area contributed by atoms with Crippen LogP contribution in [0.25, 0.3) is 5.52 Å². The Labute approximate surface area is 100 Å². The molecule has 3 nitrogen and oxygen atoms in total. The summed E-state index contributed by atoms with van der Waals surface area (Å²) in [7, 11) is 0. The van der Waals surface area contributed by atoms with Crippen molar-refractivity contribution < 1.29 is 0 Å². The Morgan fingerprint density at radius 1 is 1.56 bits per heavy atom. The van der Waals surface area contributed by atoms with Gasteiger partial charge in [0, 0.05) is 12.6 Å². The summed E-state index contributed by atoms with van der Waals surface area (Å²) >= 11 is 6.19. The fourth-order valence-electron chi connectivity index (χ4n) is 1.95. The highest BCUT2D eigenvalue weighted by molar-refractivity contribution is 6.33. The van der Waals surface area contributed by atoms with Crippen LogP contribution in [0.15, 0.2) is 18.3 Å². The van der Waals surface area contributed by atoms with Gasteiger partial charge in [-0.1, -0.05) is 31.5 Å². The van der Waals surface area contributed by atoms with Crippen LogP contribution in [0.1, 0.15) is 31.2 Å². The number of aryl methyl sites for hydroxylation is 1. The summed E-state index contributed by atoms with van der Waals surface area (Å²) in [4.78, 5) is 4.37. The number of hydrogen-bond donors (Lipinski definition) is 1. The molecule has 0 aromatic carbocycles. The van der Waals surface area contributed by atoms with Crippen molar-refractivity contribution in [3.63, 3.8) is 0 Å². The molecule has 0 saturated heterocycles. The minimum atomic E-state index is 0.294. The lowest BCUT2D eigenvalue weighted by Crippen LogP contribution is -2.10. The van der Waals surface area contributed by atoms with Gasteiger partial charge in [0.25, 0.3) is 0 Å². The Hall–Kier alpha value is -1.06. The smallest absolute Gasteiger partial charge is 0.155 e. The van der Waals surface area contributed by atoms with Crippen LogP contribution < -0.4 is 5.73 Å². The zero-order valence-electron chi connectivity index (χ0n) is 9.57. The lowest BCUT2D eigenvalue weighted by Gasteiger charge is -2.11. The second-order valence-corrected chi connectivity index (χ2v) is 4.35. The molecule has 2 aromatic rings. The van der Waals surface area contributed by atoms with Gasteiger partial charge in [0.1, 0.15) is 5.82 Å². The van der Waals surface area contributed by atoms with Gasteiger partial charge in [-0.3, -0.25) is 0 Å². The van der Waals surface area contributed by atoms with Gasteiger partial charge in [0.15, 0.2) is 5.15 Å². The van der Waals surface area contributed by atoms with Gasteiger partial charge < -0.3 is 10.1 Å². The highest BCUT2D eigenvalue weighted by Crippen LogP contribution is 2.27. The van der Waals surface area contributed by atoms with Crippen LogP contribution >= 0.6 is 11.6 Å². The van der Waals surface area contributed by atoms with Crippen LogP contribution in [0.5, 0.6) is 0 Å². The van der Waals surface area contributed by atoms with Gasteiger partial charge in [0.05, 0.1) is 5.52 Å². The summed E-state index contributed by atoms with van der Waals surface area (Å²) in [5.41, 5.74) is 7.88. The third kappa shape index (κ3) is 1.70. The SMILES string of the molecule is CCc1nc(Cl)c2c(C(C)CN)cccn12. The summed E-state index contributed by atoms with van der Waals surface area (Å²) < 4.78 is 2.06. The molecule has 1 atom stereocenters. The molecule has 0 saturated carbocycles. The molecule has 0 fully saturated rings. The lowest BCUT2D eigenvalue weighted by atomic mass is 10.0. The van der Waals surface area contributed by atoms with E-state index in [1.54, 1.807) is 0 Å². The van der Waals surface area contributed by atoms with Crippen LogP contribution in [0.4, 0.5) is 0 Å². The maximum atomic E-state index is 6.19. The number of pyridine rings is 1. The van der Waals surface area contributed by atoms with Crippen LogP contribution in [-0.4, -0.2) is 15.9 Å². The Morgan fingerprint density at radius 3 is 2.94 bits per heavy atom. The number of nitrogens with two attached hydrogens (primary N) is 1. The Morgan fingerprint density at radius 2 is 2.31 bits per heavy atom. The maximum Gasteiger partial charge on any atom is 0.155 e. The second kappa shape index (κ2) is 4.44. The highest BCUT2D eigenvalue weighted by atomic mass is 35.5. The van der Waals surface area contributed by atoms with Crippen molar-refractivity contribution >= 4 is 17.1 Å². The minimum Gasteiger partial charge on any atom is -0.330 e. The predicted molar refractivity (Wildman–Crippen MR) is 67.0 cm³/mol. The molecule has 0 radical (unpaired) electrons. The number of nitrogens with zero attached hydrogens (tertiary/aromatic N) is 2. The van der Waals surface area contributed by atoms with Crippen molar-refractivity contribution in [1.82, 2.24) is 9.38 Å². The molecular weight excluding hydrogens is 222 g/mol. The standard InChI is InChI=1S/C12H16ClN3/c1-3-10-15-12(13)11-9(8(2)7-14)5-4-6-16(10)11/h4-6,8H,3,7,14H2,1-2H3. The summed E-state index contributed by atoms with van der Waals surface area (Å²) in [6.45, 7) is 4.79. The fraction of sp³-hybridized carbons (Fsp3) is 0.417. The molecule has 16 heavy (non-hydrogen) atoms. The van der Waals surface area contributed by atoms with Crippen molar-refractivity contribution in [1.29, 1.82) is 0 Å². The molecule has 2 rings (SSSR count). The molecule has 1 unspecified atom stereocenters. The van der Waals surface area contributed by atoms with E-state index in [4.69, 9.17) is 17.3 Å². The van der Waals surface area contributed by atoms with Gasteiger partial charge in [0.2, 0.25) is 0 Å². The summed E-state index contributed by atoms with van der Waals surface area (Å²) in [6.07, 6.45) is 2.87. The molecule has 86 valence electrons. The van der Waals surface area contributed by atoms with E-state index in [9.17, 15) is 0 Å². The number of imidazole rings is 1. The molecule has 0 spiro atoms. The second-order valence-electron chi connectivity index (χ2n) is 3.99. The average molecular weight is 238 g/mol. The topological polar surface area (TPSA) is 43.3 Å². The Balaban J connectivity index is 2.72. The largest absolute Gasteiger partial charge is 0.330 e. The molecular formula is C12H16ClN3. The van der Waals surface area contributed by atoms with E-state index in [1.165, 1.54) is 5.56 Å². The normalized spacial score (nSPS) is 13.2. The average Bonchev–Trinajstić information content (AvgIpc) is 2.65. The van der Waals surface area contributed by atoms with Crippen LogP contribution in [0.3, 0.4) is 0 Å². The van der Waals surface area contributed by atoms with Gasteiger partial charge in [-0.05, 0) is 24.1 Å². The molecule has 2 heterocycles. The van der Waals surface area contributed by atoms with Crippen LogP contribution in [-0.2, 0) is 6.42 Å². The number of aromatic nitrogens is 2. The summed E-state index contributed by atoms with van der Waals surface area (Å²) in [5.74, 6) is 1.29. The third-order valence-electron chi connectivity index (χ3n) is 2.93. The van der Waals surface area contributed by atoms with E-state index >= 15 is 0 Å². The fourth-order valence-corrected chi connectivity index (χ4v) is 2.25. The lowest BCUT2D eigenvalue weighted by molar-refractivity contribution is 0.774. The molecule has 2 N–H and O–H groups in total. The van der Waals surface area contributed by atoms with Crippen molar-refractivity contribution in [3.8, 4) is 0 Å². The quantitative estimate of drug-likeness (QED) is 0.892. The molecule has 0 bridgehead atoms. The first-order chi connectivity index (χ1) is 7.69. The van der Waals surface area contributed by atoms with Gasteiger partial charge in [-0.15, -0.1) is 0 Å². The zero-order valence-corrected chi connectivity index (χ0v) is 10.3. The van der Waals surface area contributed by atoms with Crippen molar-refractivity contribution in [3.05, 3.63) is 34.9 Å². The molecule has 0 aliphatic carbocycles. The predicted octanol–water partition coefficient (Wildman–Crippen LogP) is 2.61. The number of halogens is 1. The number of hydrogen-bond acceptors (Lipinski definition) is 2. The van der Waals surface area contributed by atoms with Gasteiger partial charge >= 0.3 is 0 Å². The number of rotatable bonds is 3. The summed E-state index contributed by atoms with van der Waals surface area (Å²) in [6, 6.07) is 4.09. The van der Waals surface area contributed by atoms with E-state index in [2.05, 4.69) is 29.3 Å². The Kier molecular flexibility index (Phi) is 3.17. The first-order valence-electron chi connectivity index (χ1n) is 5.54. The zero-order chi connectivity index (χ0) is 11.7. The van der Waals surface area contributed by atoms with Gasteiger partial charge in [-0.2, -0.15) is 0 Å². The van der Waals surface area contributed by atoms with Crippen LogP contribution in [0, 0.1) is 0 Å². The highest BCUT2D eigenvalue weighted by Gasteiger charge is 2.14. The minimum absolute atomic E-state index is 0.294. The van der Waals surface area contributed by atoms with E-state index in [1.807, 2.05) is 12.3 Å². The van der Waals surface area contributed by atoms with Crippen LogP contribution in [0.2, 0.25) is 5.15 Å². The van der Waals surface area contributed by atoms with Crippen molar-refractivity contribution in [2.75, 3.05) is 6.54 Å².